The summed E-state index contributed by atoms with van der Waals surface area (Å²) in [4.78, 5) is 13.5. The maximum Gasteiger partial charge on any atom is 0.223 e. The molecule has 0 aliphatic carbocycles. The molecule has 6 heteroatoms. The van der Waals surface area contributed by atoms with E-state index in [0.717, 1.165) is 22.2 Å². The van der Waals surface area contributed by atoms with Crippen molar-refractivity contribution in [3.8, 4) is 11.4 Å². The normalized spacial score (nSPS) is 11.0. The number of rotatable bonds is 4. The molecule has 0 saturated heterocycles. The van der Waals surface area contributed by atoms with Crippen LogP contribution in [0.5, 0.6) is 0 Å². The third-order valence-corrected chi connectivity index (χ3v) is 3.90. The molecule has 25 heavy (non-hydrogen) atoms. The standard InChI is InChI=1S/C19H17N5O/c1-12-6-7-14-10-16(19-22-13(2)25-24-19)18(23-17(14)9-12)21-11-15-5-3-4-8-20-15/h3-10H,11H2,1-2H3,(H,21,23). The van der Waals surface area contributed by atoms with E-state index in [2.05, 4.69) is 45.6 Å². The van der Waals surface area contributed by atoms with E-state index in [1.807, 2.05) is 24.3 Å². The van der Waals surface area contributed by atoms with Gasteiger partial charge in [0.25, 0.3) is 0 Å². The minimum Gasteiger partial charge on any atom is -0.364 e. The van der Waals surface area contributed by atoms with Gasteiger partial charge in [-0.05, 0) is 36.8 Å². The first-order chi connectivity index (χ1) is 12.2. The molecule has 0 aliphatic heterocycles. The van der Waals surface area contributed by atoms with Crippen LogP contribution >= 0.6 is 0 Å². The smallest absolute Gasteiger partial charge is 0.223 e. The second kappa shape index (κ2) is 6.32. The Balaban J connectivity index is 1.78. The maximum absolute atomic E-state index is 5.14. The van der Waals surface area contributed by atoms with Gasteiger partial charge in [0.15, 0.2) is 0 Å². The van der Waals surface area contributed by atoms with E-state index in [4.69, 9.17) is 9.51 Å². The number of aromatic nitrogens is 4. The van der Waals surface area contributed by atoms with Gasteiger partial charge in [-0.15, -0.1) is 0 Å². The third kappa shape index (κ3) is 3.19. The zero-order valence-corrected chi connectivity index (χ0v) is 14.0. The van der Waals surface area contributed by atoms with E-state index in [-0.39, 0.29) is 0 Å². The molecule has 3 heterocycles. The van der Waals surface area contributed by atoms with Crippen LogP contribution in [0.25, 0.3) is 22.3 Å². The fourth-order valence-corrected chi connectivity index (χ4v) is 2.67. The predicted molar refractivity (Wildman–Crippen MR) is 96.1 cm³/mol. The molecule has 0 bridgehead atoms. The Labute approximate surface area is 144 Å². The molecule has 0 unspecified atom stereocenters. The molecule has 124 valence electrons. The lowest BCUT2D eigenvalue weighted by Crippen LogP contribution is -2.05. The zero-order valence-electron chi connectivity index (χ0n) is 14.0. The maximum atomic E-state index is 5.14. The summed E-state index contributed by atoms with van der Waals surface area (Å²) in [5, 5.41) is 8.43. The monoisotopic (exact) mass is 331 g/mol. The first-order valence-corrected chi connectivity index (χ1v) is 8.05. The van der Waals surface area contributed by atoms with Crippen LogP contribution in [0, 0.1) is 13.8 Å². The van der Waals surface area contributed by atoms with Crippen LogP contribution in [0.4, 0.5) is 5.82 Å². The number of hydrogen-bond acceptors (Lipinski definition) is 6. The minimum absolute atomic E-state index is 0.523. The van der Waals surface area contributed by atoms with Crippen molar-refractivity contribution in [1.82, 2.24) is 20.1 Å². The summed E-state index contributed by atoms with van der Waals surface area (Å²) >= 11 is 0. The van der Waals surface area contributed by atoms with Gasteiger partial charge < -0.3 is 9.84 Å². The van der Waals surface area contributed by atoms with Gasteiger partial charge in [0.1, 0.15) is 5.82 Å². The van der Waals surface area contributed by atoms with Gasteiger partial charge in [-0.25, -0.2) is 4.98 Å². The number of aryl methyl sites for hydroxylation is 2. The molecule has 1 aromatic carbocycles. The fourth-order valence-electron chi connectivity index (χ4n) is 2.67. The molecule has 0 spiro atoms. The Hall–Kier alpha value is -3.28. The Morgan fingerprint density at radius 2 is 1.96 bits per heavy atom. The Morgan fingerprint density at radius 1 is 1.04 bits per heavy atom. The molecule has 4 rings (SSSR count). The second-order valence-corrected chi connectivity index (χ2v) is 5.89. The highest BCUT2D eigenvalue weighted by atomic mass is 16.5. The highest BCUT2D eigenvalue weighted by Crippen LogP contribution is 2.29. The summed E-state index contributed by atoms with van der Waals surface area (Å²) in [6.07, 6.45) is 1.78. The van der Waals surface area contributed by atoms with E-state index in [0.29, 0.717) is 24.1 Å². The number of fused-ring (bicyclic) bond motifs is 1. The lowest BCUT2D eigenvalue weighted by Gasteiger charge is -2.11. The summed E-state index contributed by atoms with van der Waals surface area (Å²) < 4.78 is 5.14. The van der Waals surface area contributed by atoms with E-state index >= 15 is 0 Å². The Bertz CT molecular complexity index is 1030. The molecule has 0 atom stereocenters. The summed E-state index contributed by atoms with van der Waals surface area (Å²) in [7, 11) is 0. The minimum atomic E-state index is 0.523. The molecule has 0 aliphatic rings. The average Bonchev–Trinajstić information content (AvgIpc) is 3.06. The topological polar surface area (TPSA) is 76.7 Å². The van der Waals surface area contributed by atoms with Crippen molar-refractivity contribution in [2.45, 2.75) is 20.4 Å². The van der Waals surface area contributed by atoms with Crippen LogP contribution in [0.3, 0.4) is 0 Å². The largest absolute Gasteiger partial charge is 0.364 e. The summed E-state index contributed by atoms with van der Waals surface area (Å²) in [6.45, 7) is 4.39. The molecular formula is C19H17N5O. The summed E-state index contributed by atoms with van der Waals surface area (Å²) in [6, 6.07) is 14.0. The molecule has 3 aromatic heterocycles. The summed E-state index contributed by atoms with van der Waals surface area (Å²) in [5.41, 5.74) is 3.83. The van der Waals surface area contributed by atoms with Gasteiger partial charge in [0.2, 0.25) is 11.7 Å². The molecule has 4 aromatic rings. The number of anilines is 1. The number of nitrogens with zero attached hydrogens (tertiary/aromatic N) is 4. The SMILES string of the molecule is Cc1ccc2cc(-c3noc(C)n3)c(NCc3ccccn3)nc2c1. The second-order valence-electron chi connectivity index (χ2n) is 5.89. The van der Waals surface area contributed by atoms with Gasteiger partial charge >= 0.3 is 0 Å². The van der Waals surface area contributed by atoms with Gasteiger partial charge in [-0.1, -0.05) is 23.4 Å². The van der Waals surface area contributed by atoms with Gasteiger partial charge in [0, 0.05) is 18.5 Å². The molecule has 0 saturated carbocycles. The van der Waals surface area contributed by atoms with Crippen molar-refractivity contribution in [2.24, 2.45) is 0 Å². The molecule has 0 amide bonds. The zero-order chi connectivity index (χ0) is 17.2. The van der Waals surface area contributed by atoms with Crippen molar-refractivity contribution in [2.75, 3.05) is 5.32 Å². The van der Waals surface area contributed by atoms with Crippen LogP contribution < -0.4 is 5.32 Å². The molecule has 1 N–H and O–H groups in total. The number of hydrogen-bond donors (Lipinski definition) is 1. The molecule has 0 fully saturated rings. The van der Waals surface area contributed by atoms with E-state index in [9.17, 15) is 0 Å². The van der Waals surface area contributed by atoms with Crippen molar-refractivity contribution >= 4 is 16.7 Å². The number of pyridine rings is 2. The first-order valence-electron chi connectivity index (χ1n) is 8.05. The van der Waals surface area contributed by atoms with Crippen LogP contribution in [0.15, 0.2) is 53.2 Å². The highest BCUT2D eigenvalue weighted by Gasteiger charge is 2.14. The lowest BCUT2D eigenvalue weighted by molar-refractivity contribution is 0.394. The first kappa shape index (κ1) is 15.3. The van der Waals surface area contributed by atoms with Crippen molar-refractivity contribution in [3.05, 3.63) is 65.8 Å². The molecule has 0 radical (unpaired) electrons. The van der Waals surface area contributed by atoms with Crippen molar-refractivity contribution in [3.63, 3.8) is 0 Å². The van der Waals surface area contributed by atoms with E-state index in [1.165, 1.54) is 5.56 Å². The quantitative estimate of drug-likeness (QED) is 0.611. The Morgan fingerprint density at radius 3 is 2.72 bits per heavy atom. The average molecular weight is 331 g/mol. The van der Waals surface area contributed by atoms with E-state index in [1.54, 1.807) is 13.1 Å². The fraction of sp³-hybridized carbons (Fsp3) is 0.158. The van der Waals surface area contributed by atoms with Crippen LogP contribution in [-0.2, 0) is 6.54 Å². The number of benzene rings is 1. The third-order valence-electron chi connectivity index (χ3n) is 3.90. The predicted octanol–water partition coefficient (Wildman–Crippen LogP) is 3.91. The van der Waals surface area contributed by atoms with Gasteiger partial charge in [-0.3, -0.25) is 4.98 Å². The molecule has 6 nitrogen and oxygen atoms in total. The van der Waals surface area contributed by atoms with Gasteiger partial charge in [0.05, 0.1) is 23.3 Å². The van der Waals surface area contributed by atoms with Crippen LogP contribution in [-0.4, -0.2) is 20.1 Å². The van der Waals surface area contributed by atoms with E-state index < -0.39 is 0 Å². The van der Waals surface area contributed by atoms with Gasteiger partial charge in [-0.2, -0.15) is 4.98 Å². The van der Waals surface area contributed by atoms with Crippen LogP contribution in [0.1, 0.15) is 17.1 Å². The Kier molecular flexibility index (Phi) is 3.85. The molecular weight excluding hydrogens is 314 g/mol. The van der Waals surface area contributed by atoms with Crippen molar-refractivity contribution in [1.29, 1.82) is 0 Å². The lowest BCUT2D eigenvalue weighted by atomic mass is 10.1. The van der Waals surface area contributed by atoms with Crippen molar-refractivity contribution < 1.29 is 4.52 Å². The highest BCUT2D eigenvalue weighted by molar-refractivity contribution is 5.88. The summed E-state index contributed by atoms with van der Waals surface area (Å²) in [5.74, 6) is 1.76. The number of nitrogens with one attached hydrogen (secondary N) is 1. The van der Waals surface area contributed by atoms with Crippen LogP contribution in [0.2, 0.25) is 0 Å².